The molecule has 2 aromatic rings. The van der Waals surface area contributed by atoms with Gasteiger partial charge in [-0.3, -0.25) is 0 Å². The Morgan fingerprint density at radius 2 is 2.15 bits per heavy atom. The van der Waals surface area contributed by atoms with Crippen molar-refractivity contribution in [3.63, 3.8) is 0 Å². The van der Waals surface area contributed by atoms with Crippen LogP contribution in [0.1, 0.15) is 13.3 Å². The molecule has 0 aliphatic heterocycles. The molecule has 0 aliphatic carbocycles. The molecule has 0 saturated carbocycles. The van der Waals surface area contributed by atoms with E-state index in [4.69, 9.17) is 0 Å². The first-order valence-electron chi connectivity index (χ1n) is 6.65. The van der Waals surface area contributed by atoms with E-state index in [2.05, 4.69) is 34.3 Å². The van der Waals surface area contributed by atoms with Crippen molar-refractivity contribution in [2.45, 2.75) is 18.5 Å². The average Bonchev–Trinajstić information content (AvgIpc) is 2.95. The number of hydrogen-bond acceptors (Lipinski definition) is 5. The topological polar surface area (TPSA) is 55.6 Å². The standard InChI is InChI=1S/C14H19N5S/c1-3-9-15-10-12(2)11-20-14-16-17-18-19(14)13-7-5-4-6-8-13/h4-8,15H,2-3,9-11H2,1H3. The van der Waals surface area contributed by atoms with Crippen LogP contribution in [0.5, 0.6) is 0 Å². The van der Waals surface area contributed by atoms with E-state index in [1.54, 1.807) is 16.4 Å². The Bertz CT molecular complexity index is 538. The first-order valence-corrected chi connectivity index (χ1v) is 7.63. The minimum Gasteiger partial charge on any atom is -0.313 e. The van der Waals surface area contributed by atoms with Crippen LogP contribution in [0.2, 0.25) is 0 Å². The summed E-state index contributed by atoms with van der Waals surface area (Å²) in [4.78, 5) is 0. The number of para-hydroxylation sites is 1. The Morgan fingerprint density at radius 1 is 1.35 bits per heavy atom. The average molecular weight is 289 g/mol. The molecule has 0 fully saturated rings. The minimum absolute atomic E-state index is 0.785. The monoisotopic (exact) mass is 289 g/mol. The lowest BCUT2D eigenvalue weighted by Crippen LogP contribution is -2.18. The zero-order chi connectivity index (χ0) is 14.2. The van der Waals surface area contributed by atoms with Gasteiger partial charge in [-0.1, -0.05) is 49.0 Å². The molecule has 0 saturated heterocycles. The second kappa shape index (κ2) is 7.81. The molecule has 106 valence electrons. The fourth-order valence-electron chi connectivity index (χ4n) is 1.66. The van der Waals surface area contributed by atoms with Crippen LogP contribution in [-0.2, 0) is 0 Å². The predicted molar refractivity (Wildman–Crippen MR) is 82.2 cm³/mol. The quantitative estimate of drug-likeness (QED) is 0.459. The summed E-state index contributed by atoms with van der Waals surface area (Å²) in [7, 11) is 0. The van der Waals surface area contributed by atoms with E-state index < -0.39 is 0 Å². The molecule has 0 spiro atoms. The highest BCUT2D eigenvalue weighted by molar-refractivity contribution is 7.99. The highest BCUT2D eigenvalue weighted by Gasteiger charge is 2.08. The second-order valence-electron chi connectivity index (χ2n) is 4.42. The largest absolute Gasteiger partial charge is 0.313 e. The highest BCUT2D eigenvalue weighted by Crippen LogP contribution is 2.19. The predicted octanol–water partition coefficient (Wildman–Crippen LogP) is 2.31. The molecule has 1 aromatic heterocycles. The summed E-state index contributed by atoms with van der Waals surface area (Å²) in [6.45, 7) is 8.08. The zero-order valence-corrected chi connectivity index (χ0v) is 12.4. The number of thioether (sulfide) groups is 1. The van der Waals surface area contributed by atoms with Gasteiger partial charge in [0.25, 0.3) is 0 Å². The van der Waals surface area contributed by atoms with Crippen molar-refractivity contribution < 1.29 is 0 Å². The van der Waals surface area contributed by atoms with Gasteiger partial charge in [0.15, 0.2) is 0 Å². The van der Waals surface area contributed by atoms with Gasteiger partial charge in [-0.15, -0.1) is 5.10 Å². The molecule has 20 heavy (non-hydrogen) atoms. The lowest BCUT2D eigenvalue weighted by atomic mass is 10.3. The van der Waals surface area contributed by atoms with Gasteiger partial charge in [-0.25, -0.2) is 0 Å². The van der Waals surface area contributed by atoms with E-state index in [0.717, 1.165) is 41.7 Å². The third-order valence-corrected chi connectivity index (χ3v) is 3.71. The molecule has 1 N–H and O–H groups in total. The van der Waals surface area contributed by atoms with Gasteiger partial charge in [0.05, 0.1) is 5.69 Å². The van der Waals surface area contributed by atoms with Gasteiger partial charge in [0, 0.05) is 12.3 Å². The first kappa shape index (κ1) is 14.7. The fourth-order valence-corrected chi connectivity index (χ4v) is 2.45. The van der Waals surface area contributed by atoms with E-state index in [1.807, 2.05) is 30.3 Å². The number of benzene rings is 1. The number of tetrazole rings is 1. The molecular formula is C14H19N5S. The maximum atomic E-state index is 4.07. The Hall–Kier alpha value is -1.66. The van der Waals surface area contributed by atoms with E-state index in [0.29, 0.717) is 0 Å². The number of rotatable bonds is 8. The summed E-state index contributed by atoms with van der Waals surface area (Å²) in [5.74, 6) is 0.809. The van der Waals surface area contributed by atoms with Crippen LogP contribution in [0.4, 0.5) is 0 Å². The van der Waals surface area contributed by atoms with Gasteiger partial charge in [-0.05, 0) is 35.5 Å². The number of nitrogens with zero attached hydrogens (tertiary/aromatic N) is 4. The van der Waals surface area contributed by atoms with E-state index in [1.165, 1.54) is 0 Å². The second-order valence-corrected chi connectivity index (χ2v) is 5.37. The fraction of sp³-hybridized carbons (Fsp3) is 0.357. The summed E-state index contributed by atoms with van der Waals surface area (Å²) in [6, 6.07) is 9.89. The Balaban J connectivity index is 1.91. The molecule has 0 unspecified atom stereocenters. The van der Waals surface area contributed by atoms with Gasteiger partial charge in [-0.2, -0.15) is 4.68 Å². The summed E-state index contributed by atoms with van der Waals surface area (Å²) >= 11 is 1.60. The van der Waals surface area contributed by atoms with Crippen LogP contribution in [-0.4, -0.2) is 39.0 Å². The number of hydrogen-bond donors (Lipinski definition) is 1. The maximum Gasteiger partial charge on any atom is 0.214 e. The third-order valence-electron chi connectivity index (χ3n) is 2.65. The van der Waals surface area contributed by atoms with Crippen LogP contribution in [0.25, 0.3) is 5.69 Å². The molecule has 6 heteroatoms. The van der Waals surface area contributed by atoms with Crippen molar-refractivity contribution >= 4 is 11.8 Å². The molecule has 0 atom stereocenters. The van der Waals surface area contributed by atoms with Crippen molar-refractivity contribution in [1.82, 2.24) is 25.5 Å². The Morgan fingerprint density at radius 3 is 2.90 bits per heavy atom. The molecule has 5 nitrogen and oxygen atoms in total. The van der Waals surface area contributed by atoms with E-state index in [9.17, 15) is 0 Å². The van der Waals surface area contributed by atoms with Crippen LogP contribution in [0.3, 0.4) is 0 Å². The molecule has 1 heterocycles. The van der Waals surface area contributed by atoms with E-state index in [-0.39, 0.29) is 0 Å². The zero-order valence-electron chi connectivity index (χ0n) is 11.6. The summed E-state index contributed by atoms with van der Waals surface area (Å²) in [5.41, 5.74) is 2.11. The number of nitrogens with one attached hydrogen (secondary N) is 1. The Labute approximate surface area is 123 Å². The number of aromatic nitrogens is 4. The molecular weight excluding hydrogens is 270 g/mol. The molecule has 2 rings (SSSR count). The Kier molecular flexibility index (Phi) is 5.76. The van der Waals surface area contributed by atoms with Crippen LogP contribution >= 0.6 is 11.8 Å². The van der Waals surface area contributed by atoms with Crippen molar-refractivity contribution in [3.05, 3.63) is 42.5 Å². The molecule has 0 bridgehead atoms. The SMILES string of the molecule is C=C(CNCCC)CSc1nnnn1-c1ccccc1. The molecule has 0 aliphatic rings. The first-order chi connectivity index (χ1) is 9.81. The van der Waals surface area contributed by atoms with Gasteiger partial charge in [0.2, 0.25) is 5.16 Å². The van der Waals surface area contributed by atoms with Crippen molar-refractivity contribution in [1.29, 1.82) is 0 Å². The maximum absolute atomic E-state index is 4.07. The van der Waals surface area contributed by atoms with Crippen LogP contribution < -0.4 is 5.32 Å². The normalized spacial score (nSPS) is 10.7. The lowest BCUT2D eigenvalue weighted by Gasteiger charge is -2.07. The van der Waals surface area contributed by atoms with Gasteiger partial charge >= 0.3 is 0 Å². The summed E-state index contributed by atoms with van der Waals surface area (Å²) in [6.07, 6.45) is 1.13. The van der Waals surface area contributed by atoms with Gasteiger partial charge < -0.3 is 5.32 Å². The summed E-state index contributed by atoms with van der Waals surface area (Å²) < 4.78 is 1.75. The molecule has 1 aromatic carbocycles. The van der Waals surface area contributed by atoms with Crippen molar-refractivity contribution in [3.8, 4) is 5.69 Å². The van der Waals surface area contributed by atoms with Crippen LogP contribution in [0, 0.1) is 0 Å². The van der Waals surface area contributed by atoms with E-state index >= 15 is 0 Å². The minimum atomic E-state index is 0.785. The smallest absolute Gasteiger partial charge is 0.214 e. The third kappa shape index (κ3) is 4.18. The molecule has 0 radical (unpaired) electrons. The van der Waals surface area contributed by atoms with Crippen molar-refractivity contribution in [2.75, 3.05) is 18.8 Å². The van der Waals surface area contributed by atoms with Crippen molar-refractivity contribution in [2.24, 2.45) is 0 Å². The lowest BCUT2D eigenvalue weighted by molar-refractivity contribution is 0.715. The van der Waals surface area contributed by atoms with Gasteiger partial charge in [0.1, 0.15) is 0 Å². The molecule has 0 amide bonds. The highest BCUT2D eigenvalue weighted by atomic mass is 32.2. The van der Waals surface area contributed by atoms with Crippen LogP contribution in [0.15, 0.2) is 47.6 Å². The summed E-state index contributed by atoms with van der Waals surface area (Å²) in [5, 5.41) is 16.0.